The van der Waals surface area contributed by atoms with Crippen LogP contribution in [0.5, 0.6) is 0 Å². The third-order valence-electron chi connectivity index (χ3n) is 3.50. The van der Waals surface area contributed by atoms with E-state index in [0.29, 0.717) is 6.54 Å². The summed E-state index contributed by atoms with van der Waals surface area (Å²) in [5.74, 6) is 0. The summed E-state index contributed by atoms with van der Waals surface area (Å²) in [5, 5.41) is 0. The van der Waals surface area contributed by atoms with Gasteiger partial charge in [0.15, 0.2) is 0 Å². The summed E-state index contributed by atoms with van der Waals surface area (Å²) in [6.07, 6.45) is 1.65. The molecule has 0 aliphatic carbocycles. The molecule has 4 heteroatoms. The maximum Gasteiger partial charge on any atom is 0.415 e. The van der Waals surface area contributed by atoms with E-state index in [1.807, 2.05) is 32.9 Å². The third kappa shape index (κ3) is 3.12. The molecule has 1 amide bonds. The highest BCUT2D eigenvalue weighted by molar-refractivity contribution is 5.90. The average Bonchev–Trinajstić information content (AvgIpc) is 2.35. The highest BCUT2D eigenvalue weighted by Crippen LogP contribution is 2.32. The van der Waals surface area contributed by atoms with Crippen LogP contribution in [0.3, 0.4) is 0 Å². The Morgan fingerprint density at radius 1 is 1.45 bits per heavy atom. The minimum Gasteiger partial charge on any atom is -0.443 e. The van der Waals surface area contributed by atoms with E-state index in [1.165, 1.54) is 5.56 Å². The van der Waals surface area contributed by atoms with Crippen LogP contribution in [0, 0.1) is 0 Å². The number of ether oxygens (including phenoxy) is 1. The van der Waals surface area contributed by atoms with Crippen molar-refractivity contribution in [2.24, 2.45) is 5.73 Å². The summed E-state index contributed by atoms with van der Waals surface area (Å²) >= 11 is 0. The molecule has 0 saturated heterocycles. The van der Waals surface area contributed by atoms with E-state index in [2.05, 4.69) is 13.0 Å². The fourth-order valence-corrected chi connectivity index (χ4v) is 2.52. The molecule has 1 atom stereocenters. The zero-order chi connectivity index (χ0) is 14.9. The van der Waals surface area contributed by atoms with E-state index in [4.69, 9.17) is 10.5 Å². The van der Waals surface area contributed by atoms with E-state index in [1.54, 1.807) is 4.90 Å². The summed E-state index contributed by atoms with van der Waals surface area (Å²) in [4.78, 5) is 14.2. The van der Waals surface area contributed by atoms with Gasteiger partial charge in [0, 0.05) is 12.6 Å². The molecule has 4 nitrogen and oxygen atoms in total. The maximum atomic E-state index is 12.4. The summed E-state index contributed by atoms with van der Waals surface area (Å²) in [5.41, 5.74) is 8.43. The van der Waals surface area contributed by atoms with Gasteiger partial charge in [0.2, 0.25) is 0 Å². The lowest BCUT2D eigenvalue weighted by atomic mass is 9.95. The highest BCUT2D eigenvalue weighted by atomic mass is 16.6. The Labute approximate surface area is 120 Å². The predicted octanol–water partition coefficient (Wildman–Crippen LogP) is 3.22. The standard InChI is InChI=1S/C16H24N2O2/c1-11-5-7-13-9-12(10-17)6-8-14(13)18(11)15(19)20-16(2,3)4/h6,8-9,11H,5,7,10,17H2,1-4H3. The molecule has 0 saturated carbocycles. The van der Waals surface area contributed by atoms with E-state index in [0.717, 1.165) is 24.1 Å². The Kier molecular flexibility index (Phi) is 4.04. The first-order valence-electron chi connectivity index (χ1n) is 7.16. The number of rotatable bonds is 1. The van der Waals surface area contributed by atoms with Crippen molar-refractivity contribution in [2.45, 2.75) is 58.7 Å². The van der Waals surface area contributed by atoms with Gasteiger partial charge >= 0.3 is 6.09 Å². The Bertz CT molecular complexity index is 506. The molecule has 1 heterocycles. The van der Waals surface area contributed by atoms with Crippen LogP contribution in [0.1, 0.15) is 45.2 Å². The Morgan fingerprint density at radius 3 is 2.75 bits per heavy atom. The van der Waals surface area contributed by atoms with Crippen LogP contribution < -0.4 is 10.6 Å². The lowest BCUT2D eigenvalue weighted by molar-refractivity contribution is 0.0563. The van der Waals surface area contributed by atoms with Crippen molar-refractivity contribution in [3.8, 4) is 0 Å². The van der Waals surface area contributed by atoms with Gasteiger partial charge in [-0.3, -0.25) is 4.90 Å². The van der Waals surface area contributed by atoms with Gasteiger partial charge in [0.05, 0.1) is 5.69 Å². The molecule has 2 rings (SSSR count). The van der Waals surface area contributed by atoms with Crippen LogP contribution in [0.4, 0.5) is 10.5 Å². The van der Waals surface area contributed by atoms with Gasteiger partial charge in [-0.2, -0.15) is 0 Å². The Morgan fingerprint density at radius 2 is 2.15 bits per heavy atom. The van der Waals surface area contributed by atoms with Gasteiger partial charge in [-0.1, -0.05) is 12.1 Å². The number of nitrogens with zero attached hydrogens (tertiary/aromatic N) is 1. The second kappa shape index (κ2) is 5.44. The Hall–Kier alpha value is -1.55. The molecule has 0 radical (unpaired) electrons. The van der Waals surface area contributed by atoms with Crippen LogP contribution >= 0.6 is 0 Å². The van der Waals surface area contributed by atoms with E-state index >= 15 is 0 Å². The van der Waals surface area contributed by atoms with Gasteiger partial charge in [-0.25, -0.2) is 4.79 Å². The van der Waals surface area contributed by atoms with E-state index < -0.39 is 5.60 Å². The molecule has 1 unspecified atom stereocenters. The summed E-state index contributed by atoms with van der Waals surface area (Å²) < 4.78 is 5.52. The molecule has 1 aromatic rings. The molecule has 1 aliphatic heterocycles. The zero-order valence-electron chi connectivity index (χ0n) is 12.8. The first-order chi connectivity index (χ1) is 9.31. The Balaban J connectivity index is 2.32. The largest absolute Gasteiger partial charge is 0.443 e. The molecule has 0 bridgehead atoms. The van der Waals surface area contributed by atoms with Crippen molar-refractivity contribution in [3.05, 3.63) is 29.3 Å². The van der Waals surface area contributed by atoms with Crippen LogP contribution in [-0.2, 0) is 17.7 Å². The van der Waals surface area contributed by atoms with Gasteiger partial charge in [-0.05, 0) is 57.7 Å². The number of amides is 1. The quantitative estimate of drug-likeness (QED) is 0.856. The lowest BCUT2D eigenvalue weighted by Crippen LogP contribution is -2.45. The van der Waals surface area contributed by atoms with Crippen molar-refractivity contribution >= 4 is 11.8 Å². The maximum absolute atomic E-state index is 12.4. The number of hydrogen-bond donors (Lipinski definition) is 1. The molecule has 0 fully saturated rings. The topological polar surface area (TPSA) is 55.6 Å². The zero-order valence-corrected chi connectivity index (χ0v) is 12.8. The SMILES string of the molecule is CC1CCc2cc(CN)ccc2N1C(=O)OC(C)(C)C. The summed E-state index contributed by atoms with van der Waals surface area (Å²) in [7, 11) is 0. The van der Waals surface area contributed by atoms with Gasteiger partial charge < -0.3 is 10.5 Å². The monoisotopic (exact) mass is 276 g/mol. The molecule has 0 aromatic heterocycles. The number of anilines is 1. The highest BCUT2D eigenvalue weighted by Gasteiger charge is 2.31. The molecule has 110 valence electrons. The van der Waals surface area contributed by atoms with Gasteiger partial charge in [0.25, 0.3) is 0 Å². The molecular formula is C16H24N2O2. The fourth-order valence-electron chi connectivity index (χ4n) is 2.52. The predicted molar refractivity (Wildman–Crippen MR) is 80.8 cm³/mol. The minimum atomic E-state index is -0.481. The van der Waals surface area contributed by atoms with Crippen LogP contribution in [0.15, 0.2) is 18.2 Å². The number of aryl methyl sites for hydroxylation is 1. The third-order valence-corrected chi connectivity index (χ3v) is 3.50. The number of nitrogens with two attached hydrogens (primary N) is 1. The lowest BCUT2D eigenvalue weighted by Gasteiger charge is -2.36. The van der Waals surface area contributed by atoms with Gasteiger partial charge in [0.1, 0.15) is 5.60 Å². The average molecular weight is 276 g/mol. The van der Waals surface area contributed by atoms with Crippen molar-refractivity contribution < 1.29 is 9.53 Å². The smallest absolute Gasteiger partial charge is 0.415 e. The van der Waals surface area contributed by atoms with E-state index in [-0.39, 0.29) is 12.1 Å². The van der Waals surface area contributed by atoms with Crippen molar-refractivity contribution in [1.82, 2.24) is 0 Å². The number of carbonyl (C=O) groups is 1. The van der Waals surface area contributed by atoms with Crippen molar-refractivity contribution in [1.29, 1.82) is 0 Å². The number of hydrogen-bond acceptors (Lipinski definition) is 3. The number of carbonyl (C=O) groups excluding carboxylic acids is 1. The van der Waals surface area contributed by atoms with E-state index in [9.17, 15) is 4.79 Å². The normalized spacial score (nSPS) is 18.6. The molecule has 20 heavy (non-hydrogen) atoms. The van der Waals surface area contributed by atoms with Crippen LogP contribution in [-0.4, -0.2) is 17.7 Å². The molecule has 1 aromatic carbocycles. The van der Waals surface area contributed by atoms with Crippen molar-refractivity contribution in [3.63, 3.8) is 0 Å². The first kappa shape index (κ1) is 14.9. The van der Waals surface area contributed by atoms with Gasteiger partial charge in [-0.15, -0.1) is 0 Å². The second-order valence-corrected chi connectivity index (χ2v) is 6.41. The van der Waals surface area contributed by atoms with Crippen LogP contribution in [0.25, 0.3) is 0 Å². The molecule has 1 aliphatic rings. The van der Waals surface area contributed by atoms with Crippen LogP contribution in [0.2, 0.25) is 0 Å². The van der Waals surface area contributed by atoms with Crippen molar-refractivity contribution in [2.75, 3.05) is 4.90 Å². The number of fused-ring (bicyclic) bond motifs is 1. The summed E-state index contributed by atoms with van der Waals surface area (Å²) in [6.45, 7) is 8.24. The minimum absolute atomic E-state index is 0.154. The first-order valence-corrected chi connectivity index (χ1v) is 7.16. The fraction of sp³-hybridized carbons (Fsp3) is 0.562. The summed E-state index contributed by atoms with van der Waals surface area (Å²) in [6, 6.07) is 6.21. The molecule has 0 spiro atoms. The molecule has 2 N–H and O–H groups in total. The molecular weight excluding hydrogens is 252 g/mol. The number of benzene rings is 1. The second-order valence-electron chi connectivity index (χ2n) is 6.41.